The second kappa shape index (κ2) is 3.40. The minimum atomic E-state index is 0.340. The van der Waals surface area contributed by atoms with Crippen molar-refractivity contribution in [2.24, 2.45) is 0 Å². The van der Waals surface area contributed by atoms with Gasteiger partial charge >= 0.3 is 0 Å². The van der Waals surface area contributed by atoms with Gasteiger partial charge in [-0.2, -0.15) is 0 Å². The molecule has 3 nitrogen and oxygen atoms in total. The largest absolute Gasteiger partial charge is 0.508 e. The van der Waals surface area contributed by atoms with Gasteiger partial charge in [-0.3, -0.25) is 0 Å². The number of hydrogen-bond acceptors (Lipinski definition) is 3. The van der Waals surface area contributed by atoms with Gasteiger partial charge in [0.15, 0.2) is 0 Å². The number of fused-ring (bicyclic) bond motifs is 1. The molecule has 0 radical (unpaired) electrons. The molecule has 1 N–H and O–H groups in total. The van der Waals surface area contributed by atoms with Crippen LogP contribution in [0.1, 0.15) is 12.5 Å². The van der Waals surface area contributed by atoms with E-state index in [-0.39, 0.29) is 0 Å². The van der Waals surface area contributed by atoms with Gasteiger partial charge in [0.1, 0.15) is 18.1 Å². The van der Waals surface area contributed by atoms with Crippen molar-refractivity contribution in [3.05, 3.63) is 17.7 Å². The van der Waals surface area contributed by atoms with Gasteiger partial charge in [0.25, 0.3) is 0 Å². The molecule has 0 aliphatic carbocycles. The number of benzene rings is 1. The summed E-state index contributed by atoms with van der Waals surface area (Å²) in [7, 11) is 0. The molecular formula is C11H15NO2. The summed E-state index contributed by atoms with van der Waals surface area (Å²) in [5.74, 6) is 1.22. The van der Waals surface area contributed by atoms with Crippen LogP contribution in [0.4, 0.5) is 5.69 Å². The van der Waals surface area contributed by atoms with Crippen molar-refractivity contribution in [3.8, 4) is 11.5 Å². The van der Waals surface area contributed by atoms with Crippen molar-refractivity contribution in [3.63, 3.8) is 0 Å². The predicted molar refractivity (Wildman–Crippen MR) is 56.2 cm³/mol. The first-order valence-corrected chi connectivity index (χ1v) is 4.94. The topological polar surface area (TPSA) is 32.7 Å². The van der Waals surface area contributed by atoms with Crippen LogP contribution in [-0.4, -0.2) is 24.8 Å². The Bertz CT molecular complexity index is 349. The van der Waals surface area contributed by atoms with Crippen LogP contribution in [-0.2, 0) is 0 Å². The van der Waals surface area contributed by atoms with Crippen molar-refractivity contribution in [2.45, 2.75) is 13.8 Å². The van der Waals surface area contributed by atoms with E-state index >= 15 is 0 Å². The standard InChI is InChI=1S/C11H15NO2/c1-3-12-6-7-14-10-5-4-9(13)8(2)11(10)12/h4-5,13H,3,6-7H2,1-2H3. The molecule has 2 rings (SSSR count). The number of phenols is 1. The molecule has 1 aliphatic rings. The number of phenolic OH excluding ortho intramolecular Hbond substituents is 1. The first-order chi connectivity index (χ1) is 6.74. The van der Waals surface area contributed by atoms with Gasteiger partial charge in [0.05, 0.1) is 12.2 Å². The summed E-state index contributed by atoms with van der Waals surface area (Å²) in [6.07, 6.45) is 0. The number of aromatic hydroxyl groups is 1. The van der Waals surface area contributed by atoms with E-state index in [1.165, 1.54) is 0 Å². The molecule has 0 aromatic heterocycles. The number of anilines is 1. The average molecular weight is 193 g/mol. The summed E-state index contributed by atoms with van der Waals surface area (Å²) in [5.41, 5.74) is 1.95. The van der Waals surface area contributed by atoms with Gasteiger partial charge in [-0.15, -0.1) is 0 Å². The molecule has 1 aromatic rings. The Morgan fingerprint density at radius 1 is 1.50 bits per heavy atom. The lowest BCUT2D eigenvalue weighted by molar-refractivity contribution is 0.307. The van der Waals surface area contributed by atoms with Gasteiger partial charge < -0.3 is 14.7 Å². The van der Waals surface area contributed by atoms with E-state index in [1.54, 1.807) is 6.07 Å². The first-order valence-electron chi connectivity index (χ1n) is 4.94. The summed E-state index contributed by atoms with van der Waals surface area (Å²) >= 11 is 0. The number of hydrogen-bond donors (Lipinski definition) is 1. The summed E-state index contributed by atoms with van der Waals surface area (Å²) < 4.78 is 5.54. The smallest absolute Gasteiger partial charge is 0.143 e. The molecule has 1 aliphatic heterocycles. The Morgan fingerprint density at radius 3 is 3.00 bits per heavy atom. The number of nitrogens with zero attached hydrogens (tertiary/aromatic N) is 1. The monoisotopic (exact) mass is 193 g/mol. The van der Waals surface area contributed by atoms with Crippen molar-refractivity contribution in [2.75, 3.05) is 24.6 Å². The van der Waals surface area contributed by atoms with Gasteiger partial charge in [-0.1, -0.05) is 0 Å². The molecular weight excluding hydrogens is 178 g/mol. The van der Waals surface area contributed by atoms with E-state index < -0.39 is 0 Å². The zero-order chi connectivity index (χ0) is 10.1. The quantitative estimate of drug-likeness (QED) is 0.739. The molecule has 0 bridgehead atoms. The maximum Gasteiger partial charge on any atom is 0.143 e. The SMILES string of the molecule is CCN1CCOc2ccc(O)c(C)c21. The van der Waals surface area contributed by atoms with Crippen molar-refractivity contribution in [1.29, 1.82) is 0 Å². The number of likely N-dealkylation sites (N-methyl/N-ethyl adjacent to an activating group) is 1. The van der Waals surface area contributed by atoms with Crippen LogP contribution in [0.25, 0.3) is 0 Å². The van der Waals surface area contributed by atoms with E-state index in [0.29, 0.717) is 5.75 Å². The molecule has 1 aromatic carbocycles. The second-order valence-electron chi connectivity index (χ2n) is 3.48. The summed E-state index contributed by atoms with van der Waals surface area (Å²) in [4.78, 5) is 2.23. The lowest BCUT2D eigenvalue weighted by Crippen LogP contribution is -2.32. The van der Waals surface area contributed by atoms with Crippen molar-refractivity contribution in [1.82, 2.24) is 0 Å². The molecule has 0 saturated heterocycles. The molecule has 3 heteroatoms. The summed E-state index contributed by atoms with van der Waals surface area (Å²) in [6, 6.07) is 3.52. The fraction of sp³-hybridized carbons (Fsp3) is 0.455. The predicted octanol–water partition coefficient (Wildman–Crippen LogP) is 1.92. The van der Waals surface area contributed by atoms with Crippen LogP contribution in [0.3, 0.4) is 0 Å². The molecule has 0 amide bonds. The maximum absolute atomic E-state index is 9.61. The molecule has 0 saturated carbocycles. The van der Waals surface area contributed by atoms with Gasteiger partial charge in [0, 0.05) is 12.1 Å². The van der Waals surface area contributed by atoms with E-state index in [1.807, 2.05) is 13.0 Å². The van der Waals surface area contributed by atoms with Crippen LogP contribution in [0.15, 0.2) is 12.1 Å². The molecule has 0 fully saturated rings. The van der Waals surface area contributed by atoms with Crippen LogP contribution >= 0.6 is 0 Å². The molecule has 0 unspecified atom stereocenters. The fourth-order valence-corrected chi connectivity index (χ4v) is 1.87. The number of rotatable bonds is 1. The molecule has 1 heterocycles. The Hall–Kier alpha value is -1.38. The van der Waals surface area contributed by atoms with Gasteiger partial charge in [0.2, 0.25) is 0 Å². The Kier molecular flexibility index (Phi) is 2.23. The summed E-state index contributed by atoms with van der Waals surface area (Å²) in [6.45, 7) is 6.60. The van der Waals surface area contributed by atoms with Gasteiger partial charge in [-0.05, 0) is 26.0 Å². The van der Waals surface area contributed by atoms with Crippen molar-refractivity contribution >= 4 is 5.69 Å². The Morgan fingerprint density at radius 2 is 2.29 bits per heavy atom. The minimum absolute atomic E-state index is 0.340. The Balaban J connectivity index is 2.53. The zero-order valence-electron chi connectivity index (χ0n) is 8.58. The van der Waals surface area contributed by atoms with Crippen LogP contribution < -0.4 is 9.64 Å². The van der Waals surface area contributed by atoms with Gasteiger partial charge in [-0.25, -0.2) is 0 Å². The van der Waals surface area contributed by atoms with Crippen LogP contribution in [0.5, 0.6) is 11.5 Å². The third kappa shape index (κ3) is 1.29. The molecule has 0 spiro atoms. The van der Waals surface area contributed by atoms with E-state index in [9.17, 15) is 5.11 Å². The second-order valence-corrected chi connectivity index (χ2v) is 3.48. The highest BCUT2D eigenvalue weighted by Crippen LogP contribution is 2.38. The summed E-state index contributed by atoms with van der Waals surface area (Å²) in [5, 5.41) is 9.61. The lowest BCUT2D eigenvalue weighted by atomic mass is 10.1. The molecule has 76 valence electrons. The zero-order valence-corrected chi connectivity index (χ0v) is 8.58. The number of ether oxygens (including phenoxy) is 1. The Labute approximate surface area is 83.9 Å². The van der Waals surface area contributed by atoms with Crippen LogP contribution in [0.2, 0.25) is 0 Å². The minimum Gasteiger partial charge on any atom is -0.508 e. The van der Waals surface area contributed by atoms with Crippen LogP contribution in [0, 0.1) is 6.92 Å². The average Bonchev–Trinajstić information content (AvgIpc) is 2.23. The highest BCUT2D eigenvalue weighted by molar-refractivity contribution is 5.68. The fourth-order valence-electron chi connectivity index (χ4n) is 1.87. The highest BCUT2D eigenvalue weighted by Gasteiger charge is 2.20. The third-order valence-electron chi connectivity index (χ3n) is 2.68. The first kappa shape index (κ1) is 9.19. The van der Waals surface area contributed by atoms with E-state index in [2.05, 4.69) is 11.8 Å². The van der Waals surface area contributed by atoms with Crippen molar-refractivity contribution < 1.29 is 9.84 Å². The molecule has 14 heavy (non-hydrogen) atoms. The molecule has 0 atom stereocenters. The lowest BCUT2D eigenvalue weighted by Gasteiger charge is -2.31. The highest BCUT2D eigenvalue weighted by atomic mass is 16.5. The third-order valence-corrected chi connectivity index (χ3v) is 2.68. The van der Waals surface area contributed by atoms with E-state index in [4.69, 9.17) is 4.74 Å². The normalized spacial score (nSPS) is 14.9. The van der Waals surface area contributed by atoms with E-state index in [0.717, 1.165) is 36.7 Å². The maximum atomic E-state index is 9.61.